The number of guanidine groups is 1. The van der Waals surface area contributed by atoms with Crippen LogP contribution in [0.1, 0.15) is 27.2 Å². The maximum atomic E-state index is 11.5. The van der Waals surface area contributed by atoms with E-state index in [4.69, 9.17) is 9.47 Å². The van der Waals surface area contributed by atoms with Crippen LogP contribution in [0.25, 0.3) is 0 Å². The Kier molecular flexibility index (Phi) is 16.2. The summed E-state index contributed by atoms with van der Waals surface area (Å²) in [4.78, 5) is 15.7. The number of amides is 1. The average Bonchev–Trinajstić information content (AvgIpc) is 2.42. The van der Waals surface area contributed by atoms with Gasteiger partial charge in [0.2, 0.25) is 0 Å². The van der Waals surface area contributed by atoms with Crippen LogP contribution in [0.2, 0.25) is 0 Å². The lowest BCUT2D eigenvalue weighted by Crippen LogP contribution is -2.48. The van der Waals surface area contributed by atoms with E-state index in [1.165, 1.54) is 0 Å². The fourth-order valence-corrected chi connectivity index (χ4v) is 1.81. The maximum Gasteiger partial charge on any atom is 0.407 e. The zero-order valence-corrected chi connectivity index (χ0v) is 16.6. The van der Waals surface area contributed by atoms with Crippen LogP contribution in [0.3, 0.4) is 0 Å². The van der Waals surface area contributed by atoms with Crippen LogP contribution in [0.4, 0.5) is 4.79 Å². The number of methoxy groups -OCH3 is 1. The number of carbonyl (C=O) groups excluding carboxylic acids is 1. The van der Waals surface area contributed by atoms with Gasteiger partial charge in [0, 0.05) is 33.3 Å². The third kappa shape index (κ3) is 12.9. The highest BCUT2D eigenvalue weighted by Gasteiger charge is 2.15. The predicted octanol–water partition coefficient (Wildman–Crippen LogP) is 1.58. The van der Waals surface area contributed by atoms with E-state index in [1.807, 2.05) is 0 Å². The quantitative estimate of drug-likeness (QED) is 0.224. The lowest BCUT2D eigenvalue weighted by atomic mass is 10.0. The zero-order valence-electron chi connectivity index (χ0n) is 14.3. The summed E-state index contributed by atoms with van der Waals surface area (Å²) < 4.78 is 9.90. The molecule has 0 aliphatic carbocycles. The third-order valence-corrected chi connectivity index (χ3v) is 2.69. The fraction of sp³-hybridized carbons (Fsp3) is 0.857. The molecule has 7 nitrogen and oxygen atoms in total. The molecule has 0 aromatic heterocycles. The molecule has 0 heterocycles. The summed E-state index contributed by atoms with van der Waals surface area (Å²) in [6.45, 7) is 8.26. The molecule has 0 bridgehead atoms. The lowest BCUT2D eigenvalue weighted by Gasteiger charge is -2.22. The Labute approximate surface area is 151 Å². The second-order valence-electron chi connectivity index (χ2n) is 5.06. The van der Waals surface area contributed by atoms with Crippen molar-refractivity contribution >= 4 is 36.0 Å². The highest BCUT2D eigenvalue weighted by Crippen LogP contribution is 2.04. The Balaban J connectivity index is 0. The van der Waals surface area contributed by atoms with Crippen LogP contribution >= 0.6 is 24.0 Å². The molecule has 1 unspecified atom stereocenters. The zero-order chi connectivity index (χ0) is 16.1. The standard InChI is InChI=1S/C14H30N4O3.HI/c1-6-21-14(19)18-12(9-11(2)3)10-17-13(15-4)16-7-8-20-5;/h11-12H,6-10H2,1-5H3,(H,18,19)(H2,15,16,17);1H. The summed E-state index contributed by atoms with van der Waals surface area (Å²) in [5.41, 5.74) is 0. The second-order valence-corrected chi connectivity index (χ2v) is 5.06. The van der Waals surface area contributed by atoms with Gasteiger partial charge in [-0.25, -0.2) is 4.79 Å². The van der Waals surface area contributed by atoms with E-state index < -0.39 is 0 Å². The van der Waals surface area contributed by atoms with E-state index in [2.05, 4.69) is 34.8 Å². The number of halogens is 1. The molecule has 0 aliphatic rings. The largest absolute Gasteiger partial charge is 0.450 e. The molecule has 3 N–H and O–H groups in total. The molecule has 0 saturated heterocycles. The van der Waals surface area contributed by atoms with Crippen molar-refractivity contribution in [3.8, 4) is 0 Å². The minimum absolute atomic E-state index is 0. The van der Waals surface area contributed by atoms with Crippen molar-refractivity contribution in [2.24, 2.45) is 10.9 Å². The monoisotopic (exact) mass is 430 g/mol. The molecule has 22 heavy (non-hydrogen) atoms. The van der Waals surface area contributed by atoms with Gasteiger partial charge in [0.25, 0.3) is 0 Å². The van der Waals surface area contributed by atoms with Crippen molar-refractivity contribution in [1.29, 1.82) is 0 Å². The van der Waals surface area contributed by atoms with Gasteiger partial charge in [-0.2, -0.15) is 0 Å². The van der Waals surface area contributed by atoms with Crippen LogP contribution in [0.5, 0.6) is 0 Å². The van der Waals surface area contributed by atoms with E-state index in [0.717, 1.165) is 6.42 Å². The summed E-state index contributed by atoms with van der Waals surface area (Å²) in [6, 6.07) is -0.00924. The molecule has 1 amide bonds. The summed E-state index contributed by atoms with van der Waals surface area (Å²) >= 11 is 0. The number of aliphatic imine (C=N–C) groups is 1. The van der Waals surface area contributed by atoms with E-state index in [-0.39, 0.29) is 36.1 Å². The van der Waals surface area contributed by atoms with E-state index in [0.29, 0.717) is 38.2 Å². The van der Waals surface area contributed by atoms with Gasteiger partial charge in [-0.3, -0.25) is 4.99 Å². The van der Waals surface area contributed by atoms with Gasteiger partial charge in [-0.1, -0.05) is 13.8 Å². The van der Waals surface area contributed by atoms with E-state index in [9.17, 15) is 4.79 Å². The summed E-state index contributed by atoms with van der Waals surface area (Å²) in [7, 11) is 3.36. The van der Waals surface area contributed by atoms with Crippen molar-refractivity contribution in [2.75, 3.05) is 40.5 Å². The smallest absolute Gasteiger partial charge is 0.407 e. The molecule has 0 aliphatic heterocycles. The van der Waals surface area contributed by atoms with Crippen LogP contribution in [-0.2, 0) is 9.47 Å². The molecular weight excluding hydrogens is 399 g/mol. The van der Waals surface area contributed by atoms with Crippen molar-refractivity contribution in [2.45, 2.75) is 33.2 Å². The Bertz CT molecular complexity index is 314. The number of nitrogens with zero attached hydrogens (tertiary/aromatic N) is 1. The molecule has 0 radical (unpaired) electrons. The van der Waals surface area contributed by atoms with Crippen LogP contribution in [0.15, 0.2) is 4.99 Å². The van der Waals surface area contributed by atoms with Crippen LogP contribution in [0, 0.1) is 5.92 Å². The highest BCUT2D eigenvalue weighted by atomic mass is 127. The van der Waals surface area contributed by atoms with Crippen molar-refractivity contribution in [3.63, 3.8) is 0 Å². The molecule has 0 saturated carbocycles. The Hall–Kier alpha value is -0.770. The first-order valence-corrected chi connectivity index (χ1v) is 7.40. The molecule has 0 spiro atoms. The molecule has 0 rings (SSSR count). The Morgan fingerprint density at radius 1 is 1.27 bits per heavy atom. The average molecular weight is 430 g/mol. The summed E-state index contributed by atoms with van der Waals surface area (Å²) in [5, 5.41) is 9.19. The predicted molar refractivity (Wildman–Crippen MR) is 100 cm³/mol. The highest BCUT2D eigenvalue weighted by molar-refractivity contribution is 14.0. The topological polar surface area (TPSA) is 84.0 Å². The second kappa shape index (κ2) is 15.1. The molecule has 132 valence electrons. The van der Waals surface area contributed by atoms with Crippen molar-refractivity contribution < 1.29 is 14.3 Å². The number of nitrogens with one attached hydrogen (secondary N) is 3. The normalized spacial score (nSPS) is 12.4. The minimum atomic E-state index is -0.382. The lowest BCUT2D eigenvalue weighted by molar-refractivity contribution is 0.146. The molecular formula is C14H31IN4O3. The van der Waals surface area contributed by atoms with Crippen molar-refractivity contribution in [1.82, 2.24) is 16.0 Å². The maximum absolute atomic E-state index is 11.5. The number of ether oxygens (including phenoxy) is 2. The van der Waals surface area contributed by atoms with Gasteiger partial charge >= 0.3 is 6.09 Å². The van der Waals surface area contributed by atoms with Crippen molar-refractivity contribution in [3.05, 3.63) is 0 Å². The molecule has 8 heteroatoms. The van der Waals surface area contributed by atoms with E-state index in [1.54, 1.807) is 21.1 Å². The Morgan fingerprint density at radius 2 is 1.95 bits per heavy atom. The van der Waals surface area contributed by atoms with Crippen LogP contribution in [-0.4, -0.2) is 58.6 Å². The number of carbonyl (C=O) groups is 1. The molecule has 1 atom stereocenters. The van der Waals surface area contributed by atoms with Gasteiger partial charge in [0.05, 0.1) is 13.2 Å². The number of alkyl carbamates (subject to hydrolysis) is 1. The first kappa shape index (κ1) is 23.5. The van der Waals surface area contributed by atoms with Gasteiger partial charge in [0.15, 0.2) is 5.96 Å². The molecule has 0 aromatic carbocycles. The van der Waals surface area contributed by atoms with E-state index >= 15 is 0 Å². The first-order chi connectivity index (χ1) is 10.0. The Morgan fingerprint density at radius 3 is 2.45 bits per heavy atom. The van der Waals surface area contributed by atoms with Gasteiger partial charge in [-0.05, 0) is 19.3 Å². The third-order valence-electron chi connectivity index (χ3n) is 2.69. The van der Waals surface area contributed by atoms with Gasteiger partial charge in [-0.15, -0.1) is 24.0 Å². The first-order valence-electron chi connectivity index (χ1n) is 7.40. The fourth-order valence-electron chi connectivity index (χ4n) is 1.81. The minimum Gasteiger partial charge on any atom is -0.450 e. The number of rotatable bonds is 9. The number of hydrogen-bond donors (Lipinski definition) is 3. The van der Waals surface area contributed by atoms with Gasteiger partial charge < -0.3 is 25.4 Å². The van der Waals surface area contributed by atoms with Crippen LogP contribution < -0.4 is 16.0 Å². The molecule has 0 fully saturated rings. The SMILES string of the molecule is CCOC(=O)NC(CNC(=NC)NCCOC)CC(C)C.I. The number of hydrogen-bond acceptors (Lipinski definition) is 4. The summed E-state index contributed by atoms with van der Waals surface area (Å²) in [6.07, 6.45) is 0.480. The van der Waals surface area contributed by atoms with Gasteiger partial charge in [0.1, 0.15) is 0 Å². The molecule has 0 aromatic rings. The summed E-state index contributed by atoms with van der Waals surface area (Å²) in [5.74, 6) is 1.16.